The summed E-state index contributed by atoms with van der Waals surface area (Å²) < 4.78 is 0. The van der Waals surface area contributed by atoms with Crippen LogP contribution >= 0.6 is 0 Å². The summed E-state index contributed by atoms with van der Waals surface area (Å²) in [7, 11) is 2.27. The molecule has 3 atom stereocenters. The zero-order valence-electron chi connectivity index (χ0n) is 13.5. The van der Waals surface area contributed by atoms with E-state index in [-0.39, 0.29) is 0 Å². The highest BCUT2D eigenvalue weighted by atomic mass is 14.9. The fourth-order valence-electron chi connectivity index (χ4n) is 7.38. The molecular weight excluding hydrogens is 242 g/mol. The smallest absolute Gasteiger partial charge is 0.0149 e. The predicted molar refractivity (Wildman–Crippen MR) is 84.6 cm³/mol. The zero-order chi connectivity index (χ0) is 13.7. The maximum atomic E-state index is 3.85. The van der Waals surface area contributed by atoms with Gasteiger partial charge in [0.05, 0.1) is 0 Å². The fourth-order valence-corrected chi connectivity index (χ4v) is 7.38. The molecule has 0 amide bonds. The molecule has 1 nitrogen and oxygen atoms in total. The Hall–Kier alpha value is -0.0400. The molecule has 0 saturated heterocycles. The highest BCUT2D eigenvalue weighted by molar-refractivity contribution is 5.07. The van der Waals surface area contributed by atoms with Crippen LogP contribution in [0.2, 0.25) is 0 Å². The summed E-state index contributed by atoms with van der Waals surface area (Å²) in [4.78, 5) is 0. The molecule has 5 aliphatic rings. The van der Waals surface area contributed by atoms with Gasteiger partial charge in [0, 0.05) is 6.04 Å². The lowest BCUT2D eigenvalue weighted by Crippen LogP contribution is -2.58. The quantitative estimate of drug-likeness (QED) is 0.792. The normalized spacial score (nSPS) is 52.2. The van der Waals surface area contributed by atoms with Crippen molar-refractivity contribution >= 4 is 0 Å². The van der Waals surface area contributed by atoms with Gasteiger partial charge in [-0.05, 0) is 93.4 Å². The second kappa shape index (κ2) is 5.00. The first kappa shape index (κ1) is 13.6. The van der Waals surface area contributed by atoms with E-state index in [4.69, 9.17) is 0 Å². The first-order chi connectivity index (χ1) is 9.68. The van der Waals surface area contributed by atoms with Gasteiger partial charge >= 0.3 is 0 Å². The molecule has 0 radical (unpaired) electrons. The Morgan fingerprint density at radius 3 is 2.00 bits per heavy atom. The molecule has 1 N–H and O–H groups in total. The van der Waals surface area contributed by atoms with Gasteiger partial charge in [0.2, 0.25) is 0 Å². The fraction of sp³-hybridized carbons (Fsp3) is 1.00. The maximum Gasteiger partial charge on any atom is 0.0149 e. The Bertz CT molecular complexity index is 325. The van der Waals surface area contributed by atoms with Crippen molar-refractivity contribution in [1.82, 2.24) is 5.32 Å². The third kappa shape index (κ3) is 2.16. The Morgan fingerprint density at radius 1 is 0.900 bits per heavy atom. The van der Waals surface area contributed by atoms with Crippen LogP contribution in [0.25, 0.3) is 0 Å². The first-order valence-electron chi connectivity index (χ1n) is 9.36. The lowest BCUT2D eigenvalue weighted by molar-refractivity contribution is -0.0878. The van der Waals surface area contributed by atoms with Gasteiger partial charge in [0.1, 0.15) is 0 Å². The van der Waals surface area contributed by atoms with Crippen molar-refractivity contribution in [3.8, 4) is 0 Å². The van der Waals surface area contributed by atoms with Crippen molar-refractivity contribution in [2.45, 2.75) is 77.2 Å². The van der Waals surface area contributed by atoms with Gasteiger partial charge in [-0.15, -0.1) is 0 Å². The van der Waals surface area contributed by atoms with E-state index in [1.807, 2.05) is 0 Å². The van der Waals surface area contributed by atoms with Crippen LogP contribution in [-0.4, -0.2) is 13.1 Å². The third-order valence-corrected chi connectivity index (χ3v) is 7.50. The molecule has 5 aliphatic carbocycles. The SMILES string of the molecule is CNC(C1CCCC(C)C1)C12CC3CC(CC(C3)C1)C2. The summed E-state index contributed by atoms with van der Waals surface area (Å²) in [6.45, 7) is 2.48. The van der Waals surface area contributed by atoms with Gasteiger partial charge in [-0.1, -0.05) is 19.8 Å². The van der Waals surface area contributed by atoms with E-state index in [9.17, 15) is 0 Å². The minimum atomic E-state index is 0.700. The number of rotatable bonds is 3. The summed E-state index contributed by atoms with van der Waals surface area (Å²) in [6.07, 6.45) is 15.4. The Balaban J connectivity index is 1.57. The van der Waals surface area contributed by atoms with Crippen LogP contribution in [0.3, 0.4) is 0 Å². The average molecular weight is 275 g/mol. The zero-order valence-corrected chi connectivity index (χ0v) is 13.5. The second-order valence-corrected chi connectivity index (χ2v) is 9.08. The number of hydrogen-bond acceptors (Lipinski definition) is 1. The van der Waals surface area contributed by atoms with E-state index in [1.165, 1.54) is 25.7 Å². The lowest BCUT2D eigenvalue weighted by atomic mass is 9.46. The molecule has 114 valence electrons. The standard InChI is InChI=1S/C19H33N/c1-13-4-3-5-17(6-13)18(20-2)19-10-14-7-15(11-19)9-16(8-14)12-19/h13-18,20H,3-12H2,1-2H3. The first-order valence-corrected chi connectivity index (χ1v) is 9.36. The summed E-state index contributed by atoms with van der Waals surface area (Å²) in [5, 5.41) is 3.85. The van der Waals surface area contributed by atoms with E-state index in [2.05, 4.69) is 19.3 Å². The van der Waals surface area contributed by atoms with Crippen LogP contribution < -0.4 is 5.32 Å². The summed E-state index contributed by atoms with van der Waals surface area (Å²) >= 11 is 0. The number of nitrogens with one attached hydrogen (secondary N) is 1. The van der Waals surface area contributed by atoms with Gasteiger partial charge in [0.15, 0.2) is 0 Å². The van der Waals surface area contributed by atoms with Crippen LogP contribution in [0.15, 0.2) is 0 Å². The van der Waals surface area contributed by atoms with E-state index in [0.29, 0.717) is 5.41 Å². The minimum absolute atomic E-state index is 0.700. The molecule has 5 fully saturated rings. The lowest BCUT2D eigenvalue weighted by Gasteiger charge is -2.61. The summed E-state index contributed by atoms with van der Waals surface area (Å²) in [5.41, 5.74) is 0.700. The molecule has 5 rings (SSSR count). The van der Waals surface area contributed by atoms with Crippen LogP contribution in [0.1, 0.15) is 71.1 Å². The van der Waals surface area contributed by atoms with Gasteiger partial charge in [-0.2, -0.15) is 0 Å². The van der Waals surface area contributed by atoms with E-state index < -0.39 is 0 Å². The second-order valence-electron chi connectivity index (χ2n) is 9.08. The van der Waals surface area contributed by atoms with Gasteiger partial charge in [-0.3, -0.25) is 0 Å². The van der Waals surface area contributed by atoms with Crippen molar-refractivity contribution in [3.05, 3.63) is 0 Å². The van der Waals surface area contributed by atoms with Crippen LogP contribution in [0.4, 0.5) is 0 Å². The molecule has 5 saturated carbocycles. The van der Waals surface area contributed by atoms with Crippen molar-refractivity contribution in [1.29, 1.82) is 0 Å². The van der Waals surface area contributed by atoms with Crippen molar-refractivity contribution in [3.63, 3.8) is 0 Å². The topological polar surface area (TPSA) is 12.0 Å². The molecule has 0 aliphatic heterocycles. The molecule has 0 aromatic heterocycles. The Morgan fingerprint density at radius 2 is 1.50 bits per heavy atom. The molecule has 4 bridgehead atoms. The van der Waals surface area contributed by atoms with E-state index in [1.54, 1.807) is 38.5 Å². The highest BCUT2D eigenvalue weighted by Gasteiger charge is 2.55. The molecule has 20 heavy (non-hydrogen) atoms. The van der Waals surface area contributed by atoms with E-state index in [0.717, 1.165) is 35.6 Å². The molecule has 0 aromatic rings. The molecule has 0 heterocycles. The predicted octanol–water partition coefficient (Wildman–Crippen LogP) is 4.62. The molecule has 0 aromatic carbocycles. The van der Waals surface area contributed by atoms with E-state index >= 15 is 0 Å². The monoisotopic (exact) mass is 275 g/mol. The van der Waals surface area contributed by atoms with Crippen LogP contribution in [0, 0.1) is 35.0 Å². The van der Waals surface area contributed by atoms with Crippen LogP contribution in [0.5, 0.6) is 0 Å². The van der Waals surface area contributed by atoms with Crippen molar-refractivity contribution in [2.75, 3.05) is 7.05 Å². The minimum Gasteiger partial charge on any atom is -0.316 e. The van der Waals surface area contributed by atoms with Crippen LogP contribution in [-0.2, 0) is 0 Å². The largest absolute Gasteiger partial charge is 0.316 e. The van der Waals surface area contributed by atoms with Crippen molar-refractivity contribution < 1.29 is 0 Å². The van der Waals surface area contributed by atoms with Gasteiger partial charge < -0.3 is 5.32 Å². The highest BCUT2D eigenvalue weighted by Crippen LogP contribution is 2.62. The summed E-state index contributed by atoms with van der Waals surface area (Å²) in [5.74, 6) is 5.23. The third-order valence-electron chi connectivity index (χ3n) is 7.50. The molecule has 1 heteroatoms. The van der Waals surface area contributed by atoms with Crippen molar-refractivity contribution in [2.24, 2.45) is 35.0 Å². The average Bonchev–Trinajstić information content (AvgIpc) is 2.37. The molecule has 0 spiro atoms. The Kier molecular flexibility index (Phi) is 3.41. The van der Waals surface area contributed by atoms with Gasteiger partial charge in [-0.25, -0.2) is 0 Å². The van der Waals surface area contributed by atoms with Gasteiger partial charge in [0.25, 0.3) is 0 Å². The maximum absolute atomic E-state index is 3.85. The Labute approximate surface area is 125 Å². The molecular formula is C19H33N. The molecule has 3 unspecified atom stereocenters. The summed E-state index contributed by atoms with van der Waals surface area (Å²) in [6, 6.07) is 0.832. The number of hydrogen-bond donors (Lipinski definition) is 1.